The number of carbonyl (C=O) groups is 3. The summed E-state index contributed by atoms with van der Waals surface area (Å²) in [6.45, 7) is 6.79. The molecule has 1 aromatic carbocycles. The van der Waals surface area contributed by atoms with Crippen LogP contribution in [-0.4, -0.2) is 51.5 Å². The number of thiophene rings is 1. The van der Waals surface area contributed by atoms with Gasteiger partial charge in [0.1, 0.15) is 10.8 Å². The van der Waals surface area contributed by atoms with Crippen LogP contribution in [0.25, 0.3) is 0 Å². The van der Waals surface area contributed by atoms with Gasteiger partial charge in [-0.1, -0.05) is 37.2 Å². The van der Waals surface area contributed by atoms with E-state index in [2.05, 4.69) is 27.8 Å². The van der Waals surface area contributed by atoms with Crippen molar-refractivity contribution in [3.8, 4) is 5.75 Å². The van der Waals surface area contributed by atoms with Gasteiger partial charge in [0.05, 0.1) is 36.6 Å². The molecule has 220 valence electrons. The van der Waals surface area contributed by atoms with Gasteiger partial charge in [-0.3, -0.25) is 9.59 Å². The zero-order valence-electron chi connectivity index (χ0n) is 24.0. The van der Waals surface area contributed by atoms with E-state index in [1.54, 1.807) is 32.0 Å². The van der Waals surface area contributed by atoms with Gasteiger partial charge >= 0.3 is 5.97 Å². The first-order valence-electron chi connectivity index (χ1n) is 14.0. The molecule has 1 aliphatic rings. The molecule has 0 radical (unpaired) electrons. The molecule has 4 rings (SSSR count). The quantitative estimate of drug-likeness (QED) is 0.202. The van der Waals surface area contributed by atoms with Crippen LogP contribution in [0.3, 0.4) is 0 Å². The number of ether oxygens (including phenoxy) is 2. The molecule has 1 atom stereocenters. The molecule has 10 nitrogen and oxygen atoms in total. The lowest BCUT2D eigenvalue weighted by atomic mass is 9.95. The molecule has 1 unspecified atom stereocenters. The van der Waals surface area contributed by atoms with Gasteiger partial charge in [-0.15, -0.1) is 21.5 Å². The number of rotatable bonds is 13. The molecule has 2 aromatic heterocycles. The number of hydrogen-bond donors (Lipinski definition) is 2. The van der Waals surface area contributed by atoms with Crippen LogP contribution >= 0.6 is 23.1 Å². The van der Waals surface area contributed by atoms with Gasteiger partial charge in [0.25, 0.3) is 5.91 Å². The second-order valence-corrected chi connectivity index (χ2v) is 12.1. The average Bonchev–Trinajstić information content (AvgIpc) is 3.54. The highest BCUT2D eigenvalue weighted by molar-refractivity contribution is 8.00. The second kappa shape index (κ2) is 14.5. The Balaban J connectivity index is 1.47. The van der Waals surface area contributed by atoms with Crippen LogP contribution < -0.4 is 15.4 Å². The Kier molecular flexibility index (Phi) is 10.8. The predicted molar refractivity (Wildman–Crippen MR) is 160 cm³/mol. The number of hydrogen-bond acceptors (Lipinski definition) is 9. The van der Waals surface area contributed by atoms with Crippen molar-refractivity contribution in [3.63, 3.8) is 0 Å². The van der Waals surface area contributed by atoms with Gasteiger partial charge in [0.15, 0.2) is 11.0 Å². The third-order valence-electron chi connectivity index (χ3n) is 6.83. The summed E-state index contributed by atoms with van der Waals surface area (Å²) in [5.74, 6) is 0.209. The Hall–Kier alpha value is -3.38. The Morgan fingerprint density at radius 3 is 2.68 bits per heavy atom. The van der Waals surface area contributed by atoms with E-state index in [4.69, 9.17) is 9.47 Å². The fourth-order valence-electron chi connectivity index (χ4n) is 4.66. The molecule has 0 spiro atoms. The summed E-state index contributed by atoms with van der Waals surface area (Å²) in [5, 5.41) is 15.2. The fraction of sp³-hybridized carbons (Fsp3) is 0.483. The number of methoxy groups -OCH3 is 1. The molecular formula is C29H37N5O5S2. The van der Waals surface area contributed by atoms with Crippen molar-refractivity contribution < 1.29 is 23.9 Å². The van der Waals surface area contributed by atoms with E-state index in [0.717, 1.165) is 49.0 Å². The van der Waals surface area contributed by atoms with Crippen LogP contribution in [0.15, 0.2) is 29.4 Å². The van der Waals surface area contributed by atoms with Crippen LogP contribution in [0.4, 0.5) is 5.00 Å². The lowest BCUT2D eigenvalue weighted by Gasteiger charge is -2.15. The minimum Gasteiger partial charge on any atom is -0.496 e. The number of anilines is 1. The summed E-state index contributed by atoms with van der Waals surface area (Å²) < 4.78 is 12.6. The van der Waals surface area contributed by atoms with Crippen molar-refractivity contribution in [2.24, 2.45) is 0 Å². The standard InChI is InChI=1S/C29H37N5O5S2/c1-5-7-16-34-23(17-30-26(36)19-12-8-10-14-21(19)38-4)32-33-29(34)40-18(3)25(35)31-27-24(28(37)39-6-2)20-13-9-11-15-22(20)41-27/h8,10,12,14,18H,5-7,9,11,13,15-17H2,1-4H3,(H,30,36)(H,31,35). The third-order valence-corrected chi connectivity index (χ3v) is 9.11. The minimum atomic E-state index is -0.509. The van der Waals surface area contributed by atoms with Crippen molar-refractivity contribution in [3.05, 3.63) is 51.7 Å². The van der Waals surface area contributed by atoms with Crippen molar-refractivity contribution in [2.75, 3.05) is 19.0 Å². The smallest absolute Gasteiger partial charge is 0.341 e. The van der Waals surface area contributed by atoms with Gasteiger partial charge in [-0.25, -0.2) is 4.79 Å². The van der Waals surface area contributed by atoms with Crippen LogP contribution in [0.1, 0.15) is 83.4 Å². The van der Waals surface area contributed by atoms with Crippen molar-refractivity contribution >= 4 is 45.9 Å². The molecule has 2 heterocycles. The van der Waals surface area contributed by atoms with Gasteiger partial charge in [0.2, 0.25) is 5.91 Å². The fourth-order valence-corrected chi connectivity index (χ4v) is 6.84. The highest BCUT2D eigenvalue weighted by Gasteiger charge is 2.29. The number of carbonyl (C=O) groups excluding carboxylic acids is 3. The summed E-state index contributed by atoms with van der Waals surface area (Å²) in [6.07, 6.45) is 5.67. The number of amides is 2. The molecule has 1 aliphatic carbocycles. The first-order chi connectivity index (χ1) is 19.9. The number of esters is 1. The summed E-state index contributed by atoms with van der Waals surface area (Å²) >= 11 is 2.77. The summed E-state index contributed by atoms with van der Waals surface area (Å²) in [4.78, 5) is 40.1. The number of aromatic nitrogens is 3. The van der Waals surface area contributed by atoms with Gasteiger partial charge in [-0.2, -0.15) is 0 Å². The molecule has 0 fully saturated rings. The van der Waals surface area contributed by atoms with E-state index >= 15 is 0 Å². The zero-order valence-corrected chi connectivity index (χ0v) is 25.6. The molecule has 0 aliphatic heterocycles. The Bertz CT molecular complexity index is 1390. The lowest BCUT2D eigenvalue weighted by molar-refractivity contribution is -0.115. The third kappa shape index (κ3) is 7.28. The van der Waals surface area contributed by atoms with Crippen LogP contribution in [0.2, 0.25) is 0 Å². The largest absolute Gasteiger partial charge is 0.496 e. The molecular weight excluding hydrogens is 562 g/mol. The molecule has 0 saturated heterocycles. The zero-order chi connectivity index (χ0) is 29.4. The maximum atomic E-state index is 13.3. The Labute approximate surface area is 248 Å². The van der Waals surface area contributed by atoms with E-state index in [9.17, 15) is 14.4 Å². The highest BCUT2D eigenvalue weighted by atomic mass is 32.2. The monoisotopic (exact) mass is 599 g/mol. The molecule has 2 N–H and O–H groups in total. The van der Waals surface area contributed by atoms with E-state index in [1.807, 2.05) is 10.6 Å². The summed E-state index contributed by atoms with van der Waals surface area (Å²) in [5.41, 5.74) is 1.94. The molecule has 0 saturated carbocycles. The number of unbranched alkanes of at least 4 members (excludes halogenated alkanes) is 1. The van der Waals surface area contributed by atoms with Crippen molar-refractivity contribution in [1.29, 1.82) is 0 Å². The van der Waals surface area contributed by atoms with E-state index in [-0.39, 0.29) is 30.9 Å². The van der Waals surface area contributed by atoms with Crippen molar-refractivity contribution in [1.82, 2.24) is 20.1 Å². The van der Waals surface area contributed by atoms with Crippen molar-refractivity contribution in [2.45, 2.75) is 82.8 Å². The number of fused-ring (bicyclic) bond motifs is 1. The molecule has 2 amide bonds. The van der Waals surface area contributed by atoms with E-state index in [1.165, 1.54) is 30.2 Å². The average molecular weight is 600 g/mol. The van der Waals surface area contributed by atoms with Gasteiger partial charge < -0.3 is 24.7 Å². The van der Waals surface area contributed by atoms with Crippen LogP contribution in [-0.2, 0) is 35.5 Å². The van der Waals surface area contributed by atoms with Crippen LogP contribution in [0.5, 0.6) is 5.75 Å². The van der Waals surface area contributed by atoms with E-state index in [0.29, 0.717) is 39.4 Å². The van der Waals surface area contributed by atoms with E-state index < -0.39 is 5.25 Å². The number of para-hydroxylation sites is 1. The number of aryl methyl sites for hydroxylation is 1. The van der Waals surface area contributed by atoms with Gasteiger partial charge in [-0.05, 0) is 63.6 Å². The number of thioether (sulfide) groups is 1. The second-order valence-electron chi connectivity index (χ2n) is 9.67. The number of nitrogens with zero attached hydrogens (tertiary/aromatic N) is 3. The Morgan fingerprint density at radius 1 is 1.15 bits per heavy atom. The van der Waals surface area contributed by atoms with Crippen LogP contribution in [0, 0.1) is 0 Å². The normalized spacial score (nSPS) is 13.3. The first kappa shape index (κ1) is 30.6. The maximum Gasteiger partial charge on any atom is 0.341 e. The molecule has 0 bridgehead atoms. The highest BCUT2D eigenvalue weighted by Crippen LogP contribution is 2.39. The molecule has 3 aromatic rings. The minimum absolute atomic E-state index is 0.179. The SMILES string of the molecule is CCCCn1c(CNC(=O)c2ccccc2OC)nnc1SC(C)C(=O)Nc1sc2c(c1C(=O)OCC)CCCC2. The predicted octanol–water partition coefficient (Wildman–Crippen LogP) is 5.25. The number of nitrogens with one attached hydrogen (secondary N) is 2. The maximum absolute atomic E-state index is 13.3. The van der Waals surface area contributed by atoms with Gasteiger partial charge in [0, 0.05) is 11.4 Å². The molecule has 41 heavy (non-hydrogen) atoms. The first-order valence-corrected chi connectivity index (χ1v) is 15.7. The lowest BCUT2D eigenvalue weighted by Crippen LogP contribution is -2.26. The Morgan fingerprint density at radius 2 is 1.93 bits per heavy atom. The summed E-state index contributed by atoms with van der Waals surface area (Å²) in [7, 11) is 1.53. The summed E-state index contributed by atoms with van der Waals surface area (Å²) in [6, 6.07) is 7.03. The number of benzene rings is 1. The molecule has 12 heteroatoms. The topological polar surface area (TPSA) is 124 Å².